The van der Waals surface area contributed by atoms with E-state index in [1.54, 1.807) is 6.08 Å². The summed E-state index contributed by atoms with van der Waals surface area (Å²) in [6.45, 7) is 4.65. The number of nitrogens with one attached hydrogen (secondary N) is 1. The van der Waals surface area contributed by atoms with E-state index in [1.165, 1.54) is 218 Å². The van der Waals surface area contributed by atoms with Crippen molar-refractivity contribution in [2.75, 3.05) is 40.9 Å². The Bertz CT molecular complexity index is 1200. The van der Waals surface area contributed by atoms with Gasteiger partial charge in [0.25, 0.3) is 7.82 Å². The minimum atomic E-state index is -4.61. The number of hydrogen-bond donors (Lipinski definition) is 2. The average Bonchev–Trinajstić information content (AvgIpc) is 3.30. The highest BCUT2D eigenvalue weighted by Gasteiger charge is 2.23. The summed E-state index contributed by atoms with van der Waals surface area (Å²) >= 11 is 0. The van der Waals surface area contributed by atoms with Gasteiger partial charge in [0.15, 0.2) is 0 Å². The van der Waals surface area contributed by atoms with Gasteiger partial charge in [-0.3, -0.25) is 9.36 Å². The van der Waals surface area contributed by atoms with Crippen LogP contribution in [0.3, 0.4) is 0 Å². The number of unbranched alkanes of at least 4 members (excludes halogenated alkanes) is 37. The number of phosphoric ester groups is 1. The molecule has 0 aliphatic rings. The zero-order valence-electron chi connectivity index (χ0n) is 45.8. The fourth-order valence-electron chi connectivity index (χ4n) is 8.72. The van der Waals surface area contributed by atoms with Crippen LogP contribution < -0.4 is 10.2 Å². The summed E-state index contributed by atoms with van der Waals surface area (Å²) in [5, 5.41) is 13.9. The predicted molar refractivity (Wildman–Crippen MR) is 293 cm³/mol. The SMILES string of the molecule is CCCCCCCCCC/C=C/CC/C=C/CC/C=C/C(O)C(COP(=O)([O-])OCC[N+](C)(C)C)NC(=O)CCCCCCCCCCCCCCCCCCCCCCCCCCCCCC. The summed E-state index contributed by atoms with van der Waals surface area (Å²) in [7, 11) is 1.24. The number of quaternary nitrogens is 1. The van der Waals surface area contributed by atoms with E-state index in [1.807, 2.05) is 27.2 Å². The molecule has 68 heavy (non-hydrogen) atoms. The van der Waals surface area contributed by atoms with Gasteiger partial charge in [0, 0.05) is 6.42 Å². The summed E-state index contributed by atoms with van der Waals surface area (Å²) < 4.78 is 23.3. The number of amides is 1. The number of phosphoric acid groups is 1. The molecule has 1 amide bonds. The highest BCUT2D eigenvalue weighted by atomic mass is 31.2. The van der Waals surface area contributed by atoms with Crippen molar-refractivity contribution < 1.29 is 32.9 Å². The molecule has 3 atom stereocenters. The van der Waals surface area contributed by atoms with E-state index in [2.05, 4.69) is 43.5 Å². The number of aliphatic hydroxyl groups excluding tert-OH is 1. The van der Waals surface area contributed by atoms with E-state index in [4.69, 9.17) is 9.05 Å². The second kappa shape index (κ2) is 50.7. The van der Waals surface area contributed by atoms with E-state index >= 15 is 0 Å². The summed E-state index contributed by atoms with van der Waals surface area (Å²) in [4.78, 5) is 25.5. The molecule has 8 nitrogen and oxygen atoms in total. The van der Waals surface area contributed by atoms with Crippen LogP contribution in [0.2, 0.25) is 0 Å². The summed E-state index contributed by atoms with van der Waals surface area (Å²) in [6.07, 6.45) is 65.2. The topological polar surface area (TPSA) is 108 Å². The van der Waals surface area contributed by atoms with Gasteiger partial charge in [0.2, 0.25) is 5.91 Å². The van der Waals surface area contributed by atoms with Gasteiger partial charge < -0.3 is 28.8 Å². The molecule has 0 saturated heterocycles. The molecule has 3 unspecified atom stereocenters. The minimum Gasteiger partial charge on any atom is -0.756 e. The van der Waals surface area contributed by atoms with Crippen LogP contribution in [0.1, 0.15) is 284 Å². The summed E-state index contributed by atoms with van der Waals surface area (Å²) in [5.74, 6) is -0.206. The standard InChI is InChI=1S/C59H115N2O6P/c1-6-8-10-12-14-16-18-20-22-24-26-27-28-29-30-31-32-33-34-35-37-39-41-43-45-47-49-51-53-59(63)60-57(56-67-68(64,65)66-55-54-61(3,4)5)58(62)52-50-48-46-44-42-40-38-36-25-23-21-19-17-15-13-11-9-7-2/h25,36,42,44,50,52,57-58,62H,6-24,26-35,37-41,43,45-49,51,53-56H2,1-5H3,(H-,60,63,64,65)/b36-25+,44-42+,52-50+. The fourth-order valence-corrected chi connectivity index (χ4v) is 9.44. The first-order valence-electron chi connectivity index (χ1n) is 29.4. The van der Waals surface area contributed by atoms with Crippen LogP contribution in [-0.4, -0.2) is 68.5 Å². The Labute approximate surface area is 423 Å². The molecule has 0 saturated carbocycles. The van der Waals surface area contributed by atoms with Gasteiger partial charge >= 0.3 is 0 Å². The van der Waals surface area contributed by atoms with Crippen molar-refractivity contribution in [3.63, 3.8) is 0 Å². The third-order valence-corrected chi connectivity index (χ3v) is 14.3. The third-order valence-electron chi connectivity index (χ3n) is 13.3. The number of rotatable bonds is 54. The molecule has 0 aromatic rings. The quantitative estimate of drug-likeness (QED) is 0.0272. The smallest absolute Gasteiger partial charge is 0.268 e. The Morgan fingerprint density at radius 3 is 1.19 bits per heavy atom. The molecule has 0 aromatic carbocycles. The number of nitrogens with zero attached hydrogens (tertiary/aromatic N) is 1. The maximum absolute atomic E-state index is 13.0. The Balaban J connectivity index is 4.16. The van der Waals surface area contributed by atoms with Crippen LogP contribution in [0.4, 0.5) is 0 Å². The minimum absolute atomic E-state index is 0.00742. The number of aliphatic hydroxyl groups is 1. The van der Waals surface area contributed by atoms with Crippen LogP contribution in [0, 0.1) is 0 Å². The fraction of sp³-hybridized carbons (Fsp3) is 0.881. The van der Waals surface area contributed by atoms with Crippen molar-refractivity contribution in [3.8, 4) is 0 Å². The molecule has 0 fully saturated rings. The van der Waals surface area contributed by atoms with E-state index in [-0.39, 0.29) is 12.5 Å². The Morgan fingerprint density at radius 1 is 0.500 bits per heavy atom. The molecule has 0 bridgehead atoms. The first-order chi connectivity index (χ1) is 33.0. The van der Waals surface area contributed by atoms with Gasteiger partial charge in [-0.1, -0.05) is 269 Å². The molecular weight excluding hydrogens is 864 g/mol. The molecule has 0 radical (unpaired) electrons. The Hall–Kier alpha value is -1.28. The maximum Gasteiger partial charge on any atom is 0.268 e. The molecule has 0 spiro atoms. The molecule has 0 aliphatic carbocycles. The molecule has 0 rings (SSSR count). The number of allylic oxidation sites excluding steroid dienone is 5. The van der Waals surface area contributed by atoms with Crippen LogP contribution >= 0.6 is 7.82 Å². The molecular formula is C59H115N2O6P. The average molecular weight is 980 g/mol. The first-order valence-corrected chi connectivity index (χ1v) is 30.8. The predicted octanol–water partition coefficient (Wildman–Crippen LogP) is 17.1. The highest BCUT2D eigenvalue weighted by molar-refractivity contribution is 7.45. The third kappa shape index (κ3) is 52.5. The van der Waals surface area contributed by atoms with Crippen LogP contribution in [0.15, 0.2) is 36.5 Å². The van der Waals surface area contributed by atoms with Crippen LogP contribution in [0.25, 0.3) is 0 Å². The lowest BCUT2D eigenvalue weighted by molar-refractivity contribution is -0.870. The van der Waals surface area contributed by atoms with Crippen molar-refractivity contribution in [3.05, 3.63) is 36.5 Å². The number of likely N-dealkylation sites (N-methyl/N-ethyl adjacent to an activating group) is 1. The van der Waals surface area contributed by atoms with Gasteiger partial charge in [0.05, 0.1) is 39.9 Å². The molecule has 0 aliphatic heterocycles. The van der Waals surface area contributed by atoms with Gasteiger partial charge in [-0.25, -0.2) is 0 Å². The lowest BCUT2D eigenvalue weighted by atomic mass is 10.0. The lowest BCUT2D eigenvalue weighted by Gasteiger charge is -2.29. The Kier molecular flexibility index (Phi) is 49.7. The van der Waals surface area contributed by atoms with Crippen molar-refractivity contribution >= 4 is 13.7 Å². The van der Waals surface area contributed by atoms with E-state index in [0.29, 0.717) is 17.4 Å². The summed E-state index contributed by atoms with van der Waals surface area (Å²) in [5.41, 5.74) is 0. The Morgan fingerprint density at radius 2 is 0.824 bits per heavy atom. The van der Waals surface area contributed by atoms with Crippen molar-refractivity contribution in [1.29, 1.82) is 0 Å². The largest absolute Gasteiger partial charge is 0.756 e. The van der Waals surface area contributed by atoms with Gasteiger partial charge in [-0.15, -0.1) is 0 Å². The van der Waals surface area contributed by atoms with Crippen molar-refractivity contribution in [2.24, 2.45) is 0 Å². The van der Waals surface area contributed by atoms with Crippen molar-refractivity contribution in [1.82, 2.24) is 5.32 Å². The zero-order valence-corrected chi connectivity index (χ0v) is 46.7. The van der Waals surface area contributed by atoms with E-state index in [9.17, 15) is 19.4 Å². The second-order valence-electron chi connectivity index (χ2n) is 21.3. The summed E-state index contributed by atoms with van der Waals surface area (Å²) in [6, 6.07) is -0.907. The van der Waals surface area contributed by atoms with Crippen LogP contribution in [-0.2, 0) is 18.4 Å². The first kappa shape index (κ1) is 66.7. The zero-order chi connectivity index (χ0) is 49.9. The van der Waals surface area contributed by atoms with Crippen LogP contribution in [0.5, 0.6) is 0 Å². The van der Waals surface area contributed by atoms with Gasteiger partial charge in [-0.2, -0.15) is 0 Å². The monoisotopic (exact) mass is 979 g/mol. The number of carbonyl (C=O) groups is 1. The molecule has 2 N–H and O–H groups in total. The maximum atomic E-state index is 13.0. The van der Waals surface area contributed by atoms with Crippen molar-refractivity contribution in [2.45, 2.75) is 296 Å². The van der Waals surface area contributed by atoms with Gasteiger partial charge in [0.1, 0.15) is 13.2 Å². The number of carbonyl (C=O) groups excluding carboxylic acids is 1. The van der Waals surface area contributed by atoms with Gasteiger partial charge in [-0.05, 0) is 44.9 Å². The number of hydrogen-bond acceptors (Lipinski definition) is 6. The van der Waals surface area contributed by atoms with E-state index in [0.717, 1.165) is 44.9 Å². The highest BCUT2D eigenvalue weighted by Crippen LogP contribution is 2.38. The molecule has 402 valence electrons. The molecule has 0 heterocycles. The molecule has 9 heteroatoms. The normalized spacial score (nSPS) is 14.2. The van der Waals surface area contributed by atoms with E-state index < -0.39 is 26.6 Å². The second-order valence-corrected chi connectivity index (χ2v) is 22.8. The lowest BCUT2D eigenvalue weighted by Crippen LogP contribution is -2.45. The molecule has 0 aromatic heterocycles.